The van der Waals surface area contributed by atoms with Crippen molar-refractivity contribution in [3.63, 3.8) is 0 Å². The molecule has 4 rings (SSSR count). The maximum absolute atomic E-state index is 13.0. The number of nitrogens with zero attached hydrogens (tertiary/aromatic N) is 5. The molecule has 1 aromatic carbocycles. The van der Waals surface area contributed by atoms with E-state index in [9.17, 15) is 4.79 Å². The van der Waals surface area contributed by atoms with Crippen LogP contribution in [0.2, 0.25) is 5.02 Å². The van der Waals surface area contributed by atoms with Crippen molar-refractivity contribution in [1.29, 1.82) is 0 Å². The molecule has 1 amide bonds. The Hall–Kier alpha value is -3.03. The number of carbonyl (C=O) groups is 1. The first kappa shape index (κ1) is 22.2. The van der Waals surface area contributed by atoms with Gasteiger partial charge in [-0.25, -0.2) is 15.0 Å². The number of benzene rings is 1. The summed E-state index contributed by atoms with van der Waals surface area (Å²) in [6.45, 7) is 5.21. The monoisotopic (exact) mass is 450 g/mol. The minimum atomic E-state index is -0.0290. The standard InChI is InChI=1S/C24H27ClN6O/c1-4-20-22(17-6-8-21(26-2)27-14-17)23(29-15-28-20)16-5-7-18(19(25)13-16)24(32)31-11-9-30(3)10-12-31/h5-8,13-15H,4,9-12H2,1-3H3,(H,26,27). The van der Waals surface area contributed by atoms with Gasteiger partial charge in [0.05, 0.1) is 22.0 Å². The van der Waals surface area contributed by atoms with Crippen LogP contribution in [0.5, 0.6) is 0 Å². The quantitative estimate of drug-likeness (QED) is 0.636. The van der Waals surface area contributed by atoms with E-state index < -0.39 is 0 Å². The van der Waals surface area contributed by atoms with Crippen LogP contribution < -0.4 is 5.32 Å². The zero-order valence-electron chi connectivity index (χ0n) is 18.6. The number of anilines is 1. The van der Waals surface area contributed by atoms with E-state index in [4.69, 9.17) is 11.6 Å². The third kappa shape index (κ3) is 4.45. The molecule has 0 radical (unpaired) electrons. The molecule has 8 heteroatoms. The Labute approximate surface area is 193 Å². The van der Waals surface area contributed by atoms with Crippen molar-refractivity contribution >= 4 is 23.3 Å². The maximum Gasteiger partial charge on any atom is 0.255 e. The number of hydrogen-bond acceptors (Lipinski definition) is 6. The van der Waals surface area contributed by atoms with Gasteiger partial charge in [-0.3, -0.25) is 4.79 Å². The van der Waals surface area contributed by atoms with Crippen molar-refractivity contribution in [1.82, 2.24) is 24.8 Å². The van der Waals surface area contributed by atoms with Crippen LogP contribution in [0.25, 0.3) is 22.4 Å². The summed E-state index contributed by atoms with van der Waals surface area (Å²) in [5.74, 6) is 0.763. The number of nitrogens with one attached hydrogen (secondary N) is 1. The first-order chi connectivity index (χ1) is 15.5. The van der Waals surface area contributed by atoms with Crippen molar-refractivity contribution in [2.75, 3.05) is 45.6 Å². The lowest BCUT2D eigenvalue weighted by molar-refractivity contribution is 0.0664. The average Bonchev–Trinajstić information content (AvgIpc) is 2.83. The molecule has 32 heavy (non-hydrogen) atoms. The second-order valence-electron chi connectivity index (χ2n) is 7.87. The predicted octanol–water partition coefficient (Wildman–Crippen LogP) is 3.85. The highest BCUT2D eigenvalue weighted by Crippen LogP contribution is 2.34. The van der Waals surface area contributed by atoms with Gasteiger partial charge in [0.25, 0.3) is 5.91 Å². The first-order valence-electron chi connectivity index (χ1n) is 10.8. The molecule has 0 saturated carbocycles. The Morgan fingerprint density at radius 1 is 1.06 bits per heavy atom. The smallest absolute Gasteiger partial charge is 0.255 e. The molecule has 1 aliphatic heterocycles. The van der Waals surface area contributed by atoms with E-state index in [0.29, 0.717) is 23.7 Å². The normalized spacial score (nSPS) is 14.4. The van der Waals surface area contributed by atoms with Crippen LogP contribution in [0.3, 0.4) is 0 Å². The number of piperazine rings is 1. The van der Waals surface area contributed by atoms with Crippen LogP contribution in [-0.4, -0.2) is 70.9 Å². The number of pyridine rings is 1. The maximum atomic E-state index is 13.0. The van der Waals surface area contributed by atoms with Crippen LogP contribution in [0.15, 0.2) is 42.9 Å². The van der Waals surface area contributed by atoms with E-state index in [1.54, 1.807) is 12.4 Å². The third-order valence-corrected chi connectivity index (χ3v) is 6.15. The van der Waals surface area contributed by atoms with Crippen molar-refractivity contribution in [2.24, 2.45) is 0 Å². The zero-order valence-corrected chi connectivity index (χ0v) is 19.4. The van der Waals surface area contributed by atoms with Gasteiger partial charge in [-0.2, -0.15) is 0 Å². The molecule has 1 N–H and O–H groups in total. The summed E-state index contributed by atoms with van der Waals surface area (Å²) in [4.78, 5) is 30.6. The molecule has 2 aromatic heterocycles. The van der Waals surface area contributed by atoms with E-state index in [0.717, 1.165) is 53.4 Å². The predicted molar refractivity (Wildman–Crippen MR) is 128 cm³/mol. The van der Waals surface area contributed by atoms with Gasteiger partial charge in [0.15, 0.2) is 0 Å². The highest BCUT2D eigenvalue weighted by atomic mass is 35.5. The van der Waals surface area contributed by atoms with Gasteiger partial charge in [0.1, 0.15) is 12.1 Å². The summed E-state index contributed by atoms with van der Waals surface area (Å²) in [7, 11) is 3.90. The topological polar surface area (TPSA) is 74.2 Å². The number of hydrogen-bond donors (Lipinski definition) is 1. The van der Waals surface area contributed by atoms with Gasteiger partial charge < -0.3 is 15.1 Å². The lowest BCUT2D eigenvalue weighted by Gasteiger charge is -2.32. The number of likely N-dealkylation sites (N-methyl/N-ethyl adjacent to an activating group) is 1. The summed E-state index contributed by atoms with van der Waals surface area (Å²) in [6.07, 6.45) is 4.15. The summed E-state index contributed by atoms with van der Waals surface area (Å²) in [5, 5.41) is 3.46. The van der Waals surface area contributed by atoms with Crippen LogP contribution in [0.4, 0.5) is 5.82 Å². The highest BCUT2D eigenvalue weighted by Gasteiger charge is 2.23. The fourth-order valence-electron chi connectivity index (χ4n) is 3.92. The number of halogens is 1. The van der Waals surface area contributed by atoms with E-state index in [2.05, 4.69) is 39.1 Å². The van der Waals surface area contributed by atoms with Crippen molar-refractivity contribution in [3.8, 4) is 22.4 Å². The minimum absolute atomic E-state index is 0.0290. The van der Waals surface area contributed by atoms with Crippen LogP contribution in [-0.2, 0) is 6.42 Å². The van der Waals surface area contributed by atoms with Crippen LogP contribution in [0, 0.1) is 0 Å². The number of rotatable bonds is 5. The number of amides is 1. The summed E-state index contributed by atoms with van der Waals surface area (Å²) >= 11 is 6.61. The SMILES string of the molecule is CCc1ncnc(-c2ccc(C(=O)N3CCN(C)CC3)c(Cl)c2)c1-c1ccc(NC)nc1. The molecular weight excluding hydrogens is 424 g/mol. The molecular formula is C24H27ClN6O. The molecule has 166 valence electrons. The van der Waals surface area contributed by atoms with Gasteiger partial charge in [-0.05, 0) is 37.7 Å². The van der Waals surface area contributed by atoms with Crippen molar-refractivity contribution in [3.05, 3.63) is 59.1 Å². The fourth-order valence-corrected chi connectivity index (χ4v) is 4.18. The summed E-state index contributed by atoms with van der Waals surface area (Å²) in [5.41, 5.74) is 4.93. The Morgan fingerprint density at radius 3 is 2.44 bits per heavy atom. The molecule has 0 atom stereocenters. The van der Waals surface area contributed by atoms with E-state index >= 15 is 0 Å². The second kappa shape index (κ2) is 9.63. The number of carbonyl (C=O) groups excluding carboxylic acids is 1. The zero-order chi connectivity index (χ0) is 22.7. The van der Waals surface area contributed by atoms with Gasteiger partial charge >= 0.3 is 0 Å². The Kier molecular flexibility index (Phi) is 6.67. The van der Waals surface area contributed by atoms with E-state index in [1.807, 2.05) is 42.4 Å². The molecule has 3 aromatic rings. The number of aryl methyl sites for hydroxylation is 1. The Balaban J connectivity index is 1.71. The first-order valence-corrected chi connectivity index (χ1v) is 11.2. The fraction of sp³-hybridized carbons (Fsp3) is 0.333. The molecule has 1 aliphatic rings. The molecule has 1 fully saturated rings. The number of aromatic nitrogens is 3. The lowest BCUT2D eigenvalue weighted by atomic mass is 9.97. The van der Waals surface area contributed by atoms with E-state index in [-0.39, 0.29) is 5.91 Å². The molecule has 0 unspecified atom stereocenters. The highest BCUT2D eigenvalue weighted by molar-refractivity contribution is 6.34. The molecule has 0 bridgehead atoms. The summed E-state index contributed by atoms with van der Waals surface area (Å²) in [6, 6.07) is 9.48. The van der Waals surface area contributed by atoms with Gasteiger partial charge in [-0.15, -0.1) is 0 Å². The van der Waals surface area contributed by atoms with E-state index in [1.165, 1.54) is 0 Å². The van der Waals surface area contributed by atoms with Gasteiger partial charge in [0, 0.05) is 56.1 Å². The molecule has 7 nitrogen and oxygen atoms in total. The second-order valence-corrected chi connectivity index (χ2v) is 8.28. The van der Waals surface area contributed by atoms with Gasteiger partial charge in [0.2, 0.25) is 0 Å². The summed E-state index contributed by atoms with van der Waals surface area (Å²) < 4.78 is 0. The van der Waals surface area contributed by atoms with Crippen molar-refractivity contribution in [2.45, 2.75) is 13.3 Å². The average molecular weight is 451 g/mol. The van der Waals surface area contributed by atoms with Gasteiger partial charge in [-0.1, -0.05) is 24.6 Å². The minimum Gasteiger partial charge on any atom is -0.373 e. The largest absolute Gasteiger partial charge is 0.373 e. The Morgan fingerprint density at radius 2 is 1.81 bits per heavy atom. The van der Waals surface area contributed by atoms with Crippen molar-refractivity contribution < 1.29 is 4.79 Å². The molecule has 0 spiro atoms. The Bertz CT molecular complexity index is 1110. The van der Waals surface area contributed by atoms with Crippen LogP contribution >= 0.6 is 11.6 Å². The lowest BCUT2D eigenvalue weighted by Crippen LogP contribution is -2.47. The molecule has 1 saturated heterocycles. The third-order valence-electron chi connectivity index (χ3n) is 5.83. The molecule has 0 aliphatic carbocycles. The molecule has 3 heterocycles. The van der Waals surface area contributed by atoms with Crippen LogP contribution in [0.1, 0.15) is 23.0 Å².